The topological polar surface area (TPSA) is 126 Å². The number of aliphatic hydroxyl groups is 1. The summed E-state index contributed by atoms with van der Waals surface area (Å²) in [5.74, 6) is 0.165. The van der Waals surface area contributed by atoms with Gasteiger partial charge in [0.05, 0.1) is 12.6 Å². The molecule has 33 heavy (non-hydrogen) atoms. The van der Waals surface area contributed by atoms with E-state index in [9.17, 15) is 14.7 Å². The van der Waals surface area contributed by atoms with Crippen molar-refractivity contribution < 1.29 is 14.6 Å². The van der Waals surface area contributed by atoms with E-state index in [0.29, 0.717) is 30.9 Å². The van der Waals surface area contributed by atoms with Crippen LogP contribution in [0.5, 0.6) is 0 Å². The van der Waals surface area contributed by atoms with Crippen LogP contribution < -0.4 is 5.56 Å². The summed E-state index contributed by atoms with van der Waals surface area (Å²) < 4.78 is 6.50. The molecule has 3 aromatic rings. The van der Waals surface area contributed by atoms with Gasteiger partial charge in [-0.05, 0) is 59.7 Å². The highest BCUT2D eigenvalue weighted by atomic mass is 16.5. The van der Waals surface area contributed by atoms with Gasteiger partial charge in [-0.2, -0.15) is 0 Å². The van der Waals surface area contributed by atoms with E-state index in [0.717, 1.165) is 16.5 Å². The first-order chi connectivity index (χ1) is 15.8. The van der Waals surface area contributed by atoms with Crippen LogP contribution in [0.25, 0.3) is 10.9 Å². The van der Waals surface area contributed by atoms with Crippen LogP contribution in [-0.4, -0.2) is 60.9 Å². The van der Waals surface area contributed by atoms with Gasteiger partial charge in [-0.15, -0.1) is 5.10 Å². The number of benzene rings is 1. The van der Waals surface area contributed by atoms with Gasteiger partial charge >= 0.3 is 5.97 Å². The third kappa shape index (κ3) is 6.02. The SMILES string of the molecule is CCOC(=O)Cn1nnnc1[C@H](C(C)C)N(CCCO)Cc1cc2ccc(C)cc2[nH]c1=O. The molecule has 0 aliphatic rings. The normalized spacial score (nSPS) is 12.6. The summed E-state index contributed by atoms with van der Waals surface area (Å²) in [5, 5.41) is 22.4. The van der Waals surface area contributed by atoms with Gasteiger partial charge in [0.1, 0.15) is 6.54 Å². The van der Waals surface area contributed by atoms with Crippen molar-refractivity contribution in [2.45, 2.75) is 53.2 Å². The minimum Gasteiger partial charge on any atom is -0.465 e. The fourth-order valence-corrected chi connectivity index (χ4v) is 4.03. The number of pyridine rings is 1. The lowest BCUT2D eigenvalue weighted by Crippen LogP contribution is -2.37. The van der Waals surface area contributed by atoms with Crippen molar-refractivity contribution in [2.75, 3.05) is 19.8 Å². The van der Waals surface area contributed by atoms with E-state index in [-0.39, 0.29) is 37.3 Å². The molecular weight excluding hydrogens is 424 g/mol. The molecule has 0 unspecified atom stereocenters. The number of tetrazole rings is 1. The van der Waals surface area contributed by atoms with E-state index in [1.54, 1.807) is 6.92 Å². The molecule has 0 fully saturated rings. The summed E-state index contributed by atoms with van der Waals surface area (Å²) in [5.41, 5.74) is 2.32. The molecule has 0 bridgehead atoms. The zero-order chi connectivity index (χ0) is 24.0. The lowest BCUT2D eigenvalue weighted by atomic mass is 10.00. The number of aliphatic hydroxyl groups excluding tert-OH is 1. The zero-order valence-corrected chi connectivity index (χ0v) is 19.6. The van der Waals surface area contributed by atoms with Crippen molar-refractivity contribution in [2.24, 2.45) is 5.92 Å². The van der Waals surface area contributed by atoms with Crippen LogP contribution in [0.2, 0.25) is 0 Å². The van der Waals surface area contributed by atoms with Gasteiger partial charge in [0, 0.05) is 30.8 Å². The van der Waals surface area contributed by atoms with Gasteiger partial charge in [-0.1, -0.05) is 26.0 Å². The number of hydrogen-bond acceptors (Lipinski definition) is 8. The van der Waals surface area contributed by atoms with Crippen molar-refractivity contribution in [3.05, 3.63) is 51.6 Å². The third-order valence-corrected chi connectivity index (χ3v) is 5.49. The molecule has 0 aliphatic carbocycles. The molecule has 1 atom stereocenters. The second-order valence-electron chi connectivity index (χ2n) is 8.45. The fraction of sp³-hybridized carbons (Fsp3) is 0.522. The first-order valence-electron chi connectivity index (χ1n) is 11.2. The van der Waals surface area contributed by atoms with E-state index in [2.05, 4.69) is 25.4 Å². The lowest BCUT2D eigenvalue weighted by Gasteiger charge is -2.33. The predicted molar refractivity (Wildman–Crippen MR) is 123 cm³/mol. The van der Waals surface area contributed by atoms with E-state index in [4.69, 9.17) is 4.74 Å². The number of aryl methyl sites for hydroxylation is 1. The monoisotopic (exact) mass is 456 g/mol. The minimum atomic E-state index is -0.420. The molecule has 0 aliphatic heterocycles. The molecule has 0 spiro atoms. The maximum atomic E-state index is 12.9. The summed E-state index contributed by atoms with van der Waals surface area (Å²) in [6, 6.07) is 7.56. The Balaban J connectivity index is 1.97. The number of rotatable bonds is 11. The van der Waals surface area contributed by atoms with Gasteiger partial charge in [0.15, 0.2) is 5.82 Å². The number of nitrogens with one attached hydrogen (secondary N) is 1. The summed E-state index contributed by atoms with van der Waals surface area (Å²) in [6.45, 7) is 8.86. The number of nitrogens with zero attached hydrogens (tertiary/aromatic N) is 5. The lowest BCUT2D eigenvalue weighted by molar-refractivity contribution is -0.144. The molecule has 0 amide bonds. The van der Waals surface area contributed by atoms with Crippen LogP contribution in [0.15, 0.2) is 29.1 Å². The second kappa shape index (κ2) is 11.2. The maximum absolute atomic E-state index is 12.9. The molecule has 10 heteroatoms. The predicted octanol–water partition coefficient (Wildman–Crippen LogP) is 1.97. The van der Waals surface area contributed by atoms with Crippen molar-refractivity contribution in [3.63, 3.8) is 0 Å². The van der Waals surface area contributed by atoms with Crippen LogP contribution in [-0.2, 0) is 22.6 Å². The van der Waals surface area contributed by atoms with Crippen LogP contribution in [0.1, 0.15) is 50.2 Å². The Bertz CT molecular complexity index is 1140. The van der Waals surface area contributed by atoms with Crippen molar-refractivity contribution in [3.8, 4) is 0 Å². The Morgan fingerprint density at radius 1 is 1.30 bits per heavy atom. The number of aromatic nitrogens is 5. The first kappa shape index (κ1) is 24.5. The van der Waals surface area contributed by atoms with Crippen molar-refractivity contribution in [1.29, 1.82) is 0 Å². The third-order valence-electron chi connectivity index (χ3n) is 5.49. The number of carbonyl (C=O) groups excluding carboxylic acids is 1. The van der Waals surface area contributed by atoms with Crippen molar-refractivity contribution in [1.82, 2.24) is 30.1 Å². The fourth-order valence-electron chi connectivity index (χ4n) is 4.03. The average Bonchev–Trinajstić information content (AvgIpc) is 3.19. The Morgan fingerprint density at radius 2 is 2.09 bits per heavy atom. The molecule has 2 heterocycles. The summed E-state index contributed by atoms with van der Waals surface area (Å²) in [6.07, 6.45) is 0.521. The summed E-state index contributed by atoms with van der Waals surface area (Å²) >= 11 is 0. The molecule has 3 rings (SSSR count). The first-order valence-corrected chi connectivity index (χ1v) is 11.2. The molecule has 0 saturated heterocycles. The van der Waals surface area contributed by atoms with Gasteiger partial charge in [-0.3, -0.25) is 14.5 Å². The average molecular weight is 457 g/mol. The second-order valence-corrected chi connectivity index (χ2v) is 8.45. The number of esters is 1. The maximum Gasteiger partial charge on any atom is 0.327 e. The Kier molecular flexibility index (Phi) is 8.29. The largest absolute Gasteiger partial charge is 0.465 e. The highest BCUT2D eigenvalue weighted by molar-refractivity contribution is 5.79. The Morgan fingerprint density at radius 3 is 2.79 bits per heavy atom. The highest BCUT2D eigenvalue weighted by Crippen LogP contribution is 2.28. The van der Waals surface area contributed by atoms with E-state index >= 15 is 0 Å². The van der Waals surface area contributed by atoms with Gasteiger partial charge < -0.3 is 14.8 Å². The quantitative estimate of drug-likeness (QED) is 0.420. The van der Waals surface area contributed by atoms with Crippen molar-refractivity contribution >= 4 is 16.9 Å². The number of carbonyl (C=O) groups is 1. The molecule has 0 radical (unpaired) electrons. The molecule has 178 valence electrons. The highest BCUT2D eigenvalue weighted by Gasteiger charge is 2.30. The number of H-pyrrole nitrogens is 1. The number of hydrogen-bond donors (Lipinski definition) is 2. The minimum absolute atomic E-state index is 0.0163. The van der Waals surface area contributed by atoms with Gasteiger partial charge in [0.2, 0.25) is 0 Å². The van der Waals surface area contributed by atoms with Crippen LogP contribution in [0, 0.1) is 12.8 Å². The van der Waals surface area contributed by atoms with Crippen LogP contribution in [0.4, 0.5) is 0 Å². The molecule has 10 nitrogen and oxygen atoms in total. The standard InChI is InChI=1S/C23H32N6O4/c1-5-33-20(31)14-29-22(25-26-27-29)21(15(2)3)28(9-6-10-30)13-18-12-17-8-7-16(4)11-19(17)24-23(18)32/h7-8,11-12,15,21,30H,5-6,9-10,13-14H2,1-4H3,(H,24,32)/t21-/m0/s1. The Hall–Kier alpha value is -3.11. The number of ether oxygens (including phenoxy) is 1. The molecule has 0 saturated carbocycles. The Labute approximate surface area is 192 Å². The van der Waals surface area contributed by atoms with Crippen LogP contribution in [0.3, 0.4) is 0 Å². The van der Waals surface area contributed by atoms with E-state index < -0.39 is 5.97 Å². The van der Waals surface area contributed by atoms with E-state index in [1.165, 1.54) is 4.68 Å². The summed E-state index contributed by atoms with van der Waals surface area (Å²) in [4.78, 5) is 30.0. The van der Waals surface area contributed by atoms with Crippen LogP contribution >= 0.6 is 0 Å². The smallest absolute Gasteiger partial charge is 0.327 e. The summed E-state index contributed by atoms with van der Waals surface area (Å²) in [7, 11) is 0. The van der Waals surface area contributed by atoms with Gasteiger partial charge in [-0.25, -0.2) is 4.68 Å². The van der Waals surface area contributed by atoms with Gasteiger partial charge in [0.25, 0.3) is 5.56 Å². The number of fused-ring (bicyclic) bond motifs is 1. The molecular formula is C23H32N6O4. The molecule has 2 N–H and O–H groups in total. The zero-order valence-electron chi connectivity index (χ0n) is 19.6. The number of aromatic amines is 1. The van der Waals surface area contributed by atoms with E-state index in [1.807, 2.05) is 45.0 Å². The molecule has 1 aromatic carbocycles. The molecule has 2 aromatic heterocycles.